The van der Waals surface area contributed by atoms with E-state index in [1.54, 1.807) is 19.2 Å². The number of nitro groups is 1. The van der Waals surface area contributed by atoms with E-state index in [2.05, 4.69) is 27.1 Å². The number of piperidine rings is 1. The van der Waals surface area contributed by atoms with E-state index in [9.17, 15) is 10.1 Å². The number of benzene rings is 1. The maximum Gasteiger partial charge on any atom is 0.353 e. The van der Waals surface area contributed by atoms with Gasteiger partial charge in [0.1, 0.15) is 12.1 Å². The number of hydrogen-bond acceptors (Lipinski definition) is 7. The quantitative estimate of drug-likeness (QED) is 0.619. The normalized spacial score (nSPS) is 17.0. The van der Waals surface area contributed by atoms with Crippen LogP contribution in [0.25, 0.3) is 0 Å². The Hall–Kier alpha value is -2.90. The highest BCUT2D eigenvalue weighted by atomic mass is 16.6. The fourth-order valence-electron chi connectivity index (χ4n) is 3.42. The molecule has 1 aliphatic heterocycles. The molecule has 0 spiro atoms. The van der Waals surface area contributed by atoms with Crippen LogP contribution >= 0.6 is 0 Å². The van der Waals surface area contributed by atoms with Crippen molar-refractivity contribution in [1.29, 1.82) is 0 Å². The molecule has 1 saturated heterocycles. The van der Waals surface area contributed by atoms with Crippen molar-refractivity contribution in [3.63, 3.8) is 0 Å². The van der Waals surface area contributed by atoms with Crippen molar-refractivity contribution >= 4 is 23.0 Å². The van der Waals surface area contributed by atoms with Crippen molar-refractivity contribution in [2.24, 2.45) is 0 Å². The summed E-state index contributed by atoms with van der Waals surface area (Å²) < 4.78 is 5.31. The predicted octanol–water partition coefficient (Wildman–Crippen LogP) is 3.91. The number of anilines is 3. The van der Waals surface area contributed by atoms with E-state index in [1.165, 1.54) is 6.33 Å². The molecule has 8 nitrogen and oxygen atoms in total. The van der Waals surface area contributed by atoms with Crippen LogP contribution in [0, 0.1) is 10.1 Å². The summed E-state index contributed by atoms with van der Waals surface area (Å²) in [5.74, 6) is 1.14. The van der Waals surface area contributed by atoms with Crippen molar-refractivity contribution in [2.45, 2.75) is 38.6 Å². The van der Waals surface area contributed by atoms with E-state index in [1.807, 2.05) is 12.1 Å². The van der Waals surface area contributed by atoms with Crippen molar-refractivity contribution < 1.29 is 9.66 Å². The summed E-state index contributed by atoms with van der Waals surface area (Å²) in [4.78, 5) is 21.9. The lowest BCUT2D eigenvalue weighted by molar-refractivity contribution is -0.383. The fraction of sp³-hybridized carbons (Fsp3) is 0.444. The molecule has 1 aromatic heterocycles. The standard InChI is InChI=1S/C18H23N5O3/c1-3-13-8-6-7-11-22(13)18-16(23(24)25)17(19-12-20-18)21-14-9-4-5-10-15(14)26-2/h4-5,9-10,12-13H,3,6-8,11H2,1-2H3,(H,19,20,21). The van der Waals surface area contributed by atoms with Crippen molar-refractivity contribution in [2.75, 3.05) is 23.9 Å². The molecular formula is C18H23N5O3. The Kier molecular flexibility index (Phi) is 5.50. The van der Waals surface area contributed by atoms with Gasteiger partial charge < -0.3 is 15.0 Å². The molecule has 0 radical (unpaired) electrons. The van der Waals surface area contributed by atoms with Crippen LogP contribution < -0.4 is 15.0 Å². The van der Waals surface area contributed by atoms with Gasteiger partial charge in [0.05, 0.1) is 17.7 Å². The first-order valence-electron chi connectivity index (χ1n) is 8.81. The Morgan fingerprint density at radius 2 is 2.15 bits per heavy atom. The van der Waals surface area contributed by atoms with E-state index in [-0.39, 0.29) is 17.5 Å². The van der Waals surface area contributed by atoms with Gasteiger partial charge in [0.15, 0.2) is 0 Å². The summed E-state index contributed by atoms with van der Waals surface area (Å²) in [5.41, 5.74) is 0.521. The van der Waals surface area contributed by atoms with Crippen molar-refractivity contribution in [3.05, 3.63) is 40.7 Å². The molecule has 138 valence electrons. The molecule has 0 aliphatic carbocycles. The van der Waals surface area contributed by atoms with Crippen LogP contribution in [0.2, 0.25) is 0 Å². The zero-order valence-electron chi connectivity index (χ0n) is 15.0. The summed E-state index contributed by atoms with van der Waals surface area (Å²) in [6, 6.07) is 7.50. The average molecular weight is 357 g/mol. The van der Waals surface area contributed by atoms with Crippen LogP contribution in [-0.2, 0) is 0 Å². The van der Waals surface area contributed by atoms with Gasteiger partial charge >= 0.3 is 5.69 Å². The van der Waals surface area contributed by atoms with E-state index in [4.69, 9.17) is 4.74 Å². The molecule has 0 saturated carbocycles. The Morgan fingerprint density at radius 3 is 2.88 bits per heavy atom. The molecule has 3 rings (SSSR count). The highest BCUT2D eigenvalue weighted by molar-refractivity contribution is 5.76. The number of para-hydroxylation sites is 2. The number of nitrogens with one attached hydrogen (secondary N) is 1. The van der Waals surface area contributed by atoms with E-state index < -0.39 is 4.92 Å². The van der Waals surface area contributed by atoms with Gasteiger partial charge in [-0.15, -0.1) is 0 Å². The first-order chi connectivity index (χ1) is 12.7. The third-order valence-electron chi connectivity index (χ3n) is 4.72. The van der Waals surface area contributed by atoms with Crippen LogP contribution in [-0.4, -0.2) is 34.6 Å². The molecule has 2 aromatic rings. The zero-order valence-corrected chi connectivity index (χ0v) is 15.0. The van der Waals surface area contributed by atoms with Crippen LogP contribution in [0.1, 0.15) is 32.6 Å². The minimum Gasteiger partial charge on any atom is -0.495 e. The van der Waals surface area contributed by atoms with Gasteiger partial charge in [-0.05, 0) is 37.8 Å². The van der Waals surface area contributed by atoms with E-state index >= 15 is 0 Å². The fourth-order valence-corrected chi connectivity index (χ4v) is 3.42. The summed E-state index contributed by atoms with van der Waals surface area (Å²) in [6.45, 7) is 2.87. The average Bonchev–Trinajstić information content (AvgIpc) is 2.68. The molecule has 0 bridgehead atoms. The summed E-state index contributed by atoms with van der Waals surface area (Å²) in [6.07, 6.45) is 5.47. The van der Waals surface area contributed by atoms with Gasteiger partial charge in [-0.1, -0.05) is 19.1 Å². The summed E-state index contributed by atoms with van der Waals surface area (Å²) >= 11 is 0. The maximum atomic E-state index is 11.9. The Bertz CT molecular complexity index is 783. The Balaban J connectivity index is 2.02. The topological polar surface area (TPSA) is 93.4 Å². The molecule has 8 heteroatoms. The van der Waals surface area contributed by atoms with Gasteiger partial charge in [0, 0.05) is 12.6 Å². The van der Waals surface area contributed by atoms with Crippen LogP contribution in [0.3, 0.4) is 0 Å². The monoisotopic (exact) mass is 357 g/mol. The van der Waals surface area contributed by atoms with Crippen molar-refractivity contribution in [1.82, 2.24) is 9.97 Å². The number of ether oxygens (including phenoxy) is 1. The molecule has 1 aromatic carbocycles. The third kappa shape index (κ3) is 3.54. The number of methoxy groups -OCH3 is 1. The lowest BCUT2D eigenvalue weighted by Gasteiger charge is -2.35. The van der Waals surface area contributed by atoms with Crippen molar-refractivity contribution in [3.8, 4) is 5.75 Å². The first kappa shape index (κ1) is 17.9. The predicted molar refractivity (Wildman–Crippen MR) is 100 cm³/mol. The second-order valence-electron chi connectivity index (χ2n) is 6.23. The Labute approximate surface area is 152 Å². The molecule has 1 fully saturated rings. The molecule has 1 aliphatic rings. The first-order valence-corrected chi connectivity index (χ1v) is 8.81. The Morgan fingerprint density at radius 1 is 1.35 bits per heavy atom. The molecule has 0 amide bonds. The third-order valence-corrected chi connectivity index (χ3v) is 4.72. The summed E-state index contributed by atoms with van der Waals surface area (Å²) in [5, 5.41) is 14.9. The molecule has 1 N–H and O–H groups in total. The number of aromatic nitrogens is 2. The minimum absolute atomic E-state index is 0.0984. The lowest BCUT2D eigenvalue weighted by atomic mass is 10.00. The second kappa shape index (κ2) is 7.99. The van der Waals surface area contributed by atoms with Gasteiger partial charge in [0.2, 0.25) is 11.6 Å². The van der Waals surface area contributed by atoms with Gasteiger partial charge in [-0.25, -0.2) is 9.97 Å². The summed E-state index contributed by atoms with van der Waals surface area (Å²) in [7, 11) is 1.56. The molecule has 1 unspecified atom stereocenters. The largest absolute Gasteiger partial charge is 0.495 e. The van der Waals surface area contributed by atoms with E-state index in [0.29, 0.717) is 17.3 Å². The highest BCUT2D eigenvalue weighted by Crippen LogP contribution is 2.38. The minimum atomic E-state index is -0.408. The second-order valence-corrected chi connectivity index (χ2v) is 6.23. The van der Waals surface area contributed by atoms with Gasteiger partial charge in [0.25, 0.3) is 0 Å². The SMILES string of the molecule is CCC1CCCCN1c1ncnc(Nc2ccccc2OC)c1[N+](=O)[O-]. The highest BCUT2D eigenvalue weighted by Gasteiger charge is 2.32. The van der Waals surface area contributed by atoms with Gasteiger partial charge in [-0.3, -0.25) is 10.1 Å². The van der Waals surface area contributed by atoms with E-state index in [0.717, 1.165) is 32.2 Å². The zero-order chi connectivity index (χ0) is 18.5. The number of rotatable bonds is 6. The molecule has 1 atom stereocenters. The maximum absolute atomic E-state index is 11.9. The number of nitrogens with zero attached hydrogens (tertiary/aromatic N) is 4. The van der Waals surface area contributed by atoms with Crippen LogP contribution in [0.15, 0.2) is 30.6 Å². The molecular weight excluding hydrogens is 334 g/mol. The van der Waals surface area contributed by atoms with Gasteiger partial charge in [-0.2, -0.15) is 0 Å². The molecule has 2 heterocycles. The number of hydrogen-bond donors (Lipinski definition) is 1. The smallest absolute Gasteiger partial charge is 0.353 e. The van der Waals surface area contributed by atoms with Crippen LogP contribution in [0.5, 0.6) is 5.75 Å². The molecule has 26 heavy (non-hydrogen) atoms. The van der Waals surface area contributed by atoms with Crippen LogP contribution in [0.4, 0.5) is 23.0 Å². The lowest BCUT2D eigenvalue weighted by Crippen LogP contribution is -2.40.